The van der Waals surface area contributed by atoms with Crippen molar-refractivity contribution in [3.8, 4) is 5.75 Å². The highest BCUT2D eigenvalue weighted by atomic mass is 35.5. The average Bonchev–Trinajstić information content (AvgIpc) is 3.33. The molecular formula is C32H28Cl2F2N2O5. The zero-order valence-electron chi connectivity index (χ0n) is 22.9. The Balaban J connectivity index is 1.38. The number of hydrogen-bond donors (Lipinski definition) is 1. The molecule has 4 fully saturated rings. The lowest BCUT2D eigenvalue weighted by molar-refractivity contribution is -0.143. The Morgan fingerprint density at radius 3 is 2.23 bits per heavy atom. The summed E-state index contributed by atoms with van der Waals surface area (Å²) in [6, 6.07) is 8.13. The van der Waals surface area contributed by atoms with Gasteiger partial charge in [-0.05, 0) is 73.6 Å². The van der Waals surface area contributed by atoms with Crippen LogP contribution in [0.15, 0.2) is 54.1 Å². The van der Waals surface area contributed by atoms with Crippen LogP contribution in [0.1, 0.15) is 56.4 Å². The lowest BCUT2D eigenvalue weighted by atomic mass is 9.56. The summed E-state index contributed by atoms with van der Waals surface area (Å²) in [5.74, 6) is -7.79. The number of benzene rings is 2. The summed E-state index contributed by atoms with van der Waals surface area (Å²) < 4.78 is 28.6. The van der Waals surface area contributed by atoms with E-state index in [2.05, 4.69) is 0 Å². The standard InChI is InChI=1S/C32H28Cl2F2N2O5/c33-31-15-22-20(11-12-21-25(22)28(41)37(27(21)40)18-4-2-1-3-5-18)26(16-6-13-24(39)23(36)14-16)32(31,34)30(43)38(29(31)42)19-9-7-17(35)8-10-19/h6-11,13-14,18,21-22,25-26,39H,1-5,12,15H2/t21-,22+,25-,26-,31+,32-/m0/s1. The molecule has 4 amide bonds. The van der Waals surface area contributed by atoms with Crippen LogP contribution in [0.3, 0.4) is 0 Å². The van der Waals surface area contributed by atoms with Gasteiger partial charge in [0.2, 0.25) is 11.8 Å². The number of alkyl halides is 2. The maximum absolute atomic E-state index is 14.8. The quantitative estimate of drug-likeness (QED) is 0.273. The number of allylic oxidation sites excluding steroid dienone is 2. The molecule has 1 N–H and O–H groups in total. The molecule has 0 radical (unpaired) electrons. The molecule has 0 aromatic heterocycles. The molecule has 224 valence electrons. The summed E-state index contributed by atoms with van der Waals surface area (Å²) in [7, 11) is 0. The van der Waals surface area contributed by atoms with Crippen molar-refractivity contribution in [1.82, 2.24) is 4.90 Å². The third-order valence-corrected chi connectivity index (χ3v) is 11.6. The van der Waals surface area contributed by atoms with E-state index in [1.165, 1.54) is 23.1 Å². The van der Waals surface area contributed by atoms with Gasteiger partial charge < -0.3 is 5.11 Å². The van der Waals surface area contributed by atoms with Gasteiger partial charge in [0.25, 0.3) is 11.8 Å². The molecule has 5 aliphatic rings. The number of aromatic hydroxyl groups is 1. The van der Waals surface area contributed by atoms with E-state index < -0.39 is 62.6 Å². The molecule has 2 saturated carbocycles. The highest BCUT2D eigenvalue weighted by Gasteiger charge is 2.76. The number of fused-ring (bicyclic) bond motifs is 4. The summed E-state index contributed by atoms with van der Waals surface area (Å²) in [5, 5.41) is 9.93. The Morgan fingerprint density at radius 1 is 0.860 bits per heavy atom. The first-order valence-corrected chi connectivity index (χ1v) is 15.3. The normalized spacial score (nSPS) is 34.3. The number of phenols is 1. The predicted molar refractivity (Wildman–Crippen MR) is 153 cm³/mol. The molecule has 0 bridgehead atoms. The molecule has 2 saturated heterocycles. The molecule has 11 heteroatoms. The van der Waals surface area contributed by atoms with Gasteiger partial charge in [-0.2, -0.15) is 0 Å². The fraction of sp³-hybridized carbons (Fsp3) is 0.438. The number of halogens is 4. The minimum atomic E-state index is -2.16. The second-order valence-corrected chi connectivity index (χ2v) is 13.5. The summed E-state index contributed by atoms with van der Waals surface area (Å²) in [5.41, 5.74) is 0.783. The van der Waals surface area contributed by atoms with Crippen LogP contribution in [-0.2, 0) is 19.2 Å². The first-order valence-electron chi connectivity index (χ1n) is 14.6. The van der Waals surface area contributed by atoms with Crippen molar-refractivity contribution >= 4 is 52.5 Å². The van der Waals surface area contributed by atoms with Crippen LogP contribution >= 0.6 is 23.2 Å². The van der Waals surface area contributed by atoms with Crippen LogP contribution in [0.5, 0.6) is 5.75 Å². The maximum Gasteiger partial charge on any atom is 0.258 e. The molecule has 2 aliphatic heterocycles. The second kappa shape index (κ2) is 9.86. The van der Waals surface area contributed by atoms with E-state index in [4.69, 9.17) is 23.2 Å². The molecule has 7 rings (SSSR count). The molecule has 2 aromatic rings. The Bertz CT molecular complexity index is 1610. The number of hydrogen-bond acceptors (Lipinski definition) is 5. The lowest BCUT2D eigenvalue weighted by Crippen LogP contribution is -2.60. The van der Waals surface area contributed by atoms with Gasteiger partial charge in [0, 0.05) is 12.0 Å². The van der Waals surface area contributed by atoms with Crippen molar-refractivity contribution in [1.29, 1.82) is 0 Å². The second-order valence-electron chi connectivity index (χ2n) is 12.3. The number of nitrogens with zero attached hydrogens (tertiary/aromatic N) is 2. The number of amides is 4. The first kappa shape index (κ1) is 28.5. The molecular weight excluding hydrogens is 601 g/mol. The van der Waals surface area contributed by atoms with Crippen LogP contribution in [0.4, 0.5) is 14.5 Å². The molecule has 0 spiro atoms. The van der Waals surface area contributed by atoms with Crippen molar-refractivity contribution in [2.45, 2.75) is 66.7 Å². The zero-order chi connectivity index (χ0) is 30.4. The largest absolute Gasteiger partial charge is 0.505 e. The molecule has 6 atom stereocenters. The van der Waals surface area contributed by atoms with Crippen molar-refractivity contribution in [3.05, 3.63) is 71.3 Å². The van der Waals surface area contributed by atoms with Gasteiger partial charge in [0.05, 0.1) is 17.5 Å². The van der Waals surface area contributed by atoms with Crippen molar-refractivity contribution in [2.75, 3.05) is 4.90 Å². The third-order valence-electron chi connectivity index (χ3n) is 10.2. The van der Waals surface area contributed by atoms with Gasteiger partial charge in [-0.25, -0.2) is 13.7 Å². The molecule has 2 aromatic carbocycles. The predicted octanol–water partition coefficient (Wildman–Crippen LogP) is 5.57. The number of phenolic OH excluding ortho intramolecular Hbond substituents is 1. The number of likely N-dealkylation sites (tertiary alicyclic amines) is 1. The molecule has 2 heterocycles. The number of rotatable bonds is 3. The Kier molecular flexibility index (Phi) is 6.53. The summed E-state index contributed by atoms with van der Waals surface area (Å²) in [6.45, 7) is 0. The van der Waals surface area contributed by atoms with E-state index >= 15 is 0 Å². The van der Waals surface area contributed by atoms with Gasteiger partial charge in [-0.1, -0.05) is 37.0 Å². The van der Waals surface area contributed by atoms with E-state index in [0.29, 0.717) is 5.57 Å². The van der Waals surface area contributed by atoms with Crippen molar-refractivity contribution in [3.63, 3.8) is 0 Å². The van der Waals surface area contributed by atoms with Crippen molar-refractivity contribution in [2.24, 2.45) is 17.8 Å². The fourth-order valence-corrected chi connectivity index (χ4v) is 9.13. The van der Waals surface area contributed by atoms with Crippen LogP contribution in [0, 0.1) is 29.4 Å². The minimum Gasteiger partial charge on any atom is -0.505 e. The number of carbonyl (C=O) groups excluding carboxylic acids is 4. The fourth-order valence-electron chi connectivity index (χ4n) is 8.20. The smallest absolute Gasteiger partial charge is 0.258 e. The average molecular weight is 629 g/mol. The Morgan fingerprint density at radius 2 is 1.56 bits per heavy atom. The molecule has 43 heavy (non-hydrogen) atoms. The van der Waals surface area contributed by atoms with E-state index in [0.717, 1.165) is 61.3 Å². The van der Waals surface area contributed by atoms with E-state index in [1.54, 1.807) is 6.08 Å². The van der Waals surface area contributed by atoms with Gasteiger partial charge in [-0.3, -0.25) is 24.1 Å². The SMILES string of the molecule is O=C1[C@H]2[C@H](CC=C3[C@H]2C[C@@]2(Cl)C(=O)N(c4ccc(F)cc4)C(=O)[C@@]2(Cl)[C@H]3c2ccc(O)c(F)c2)C(=O)N1C1CCCCC1. The highest BCUT2D eigenvalue weighted by molar-refractivity contribution is 6.58. The third kappa shape index (κ3) is 3.83. The number of anilines is 1. The highest BCUT2D eigenvalue weighted by Crippen LogP contribution is 2.66. The van der Waals surface area contributed by atoms with Gasteiger partial charge >= 0.3 is 0 Å². The number of imide groups is 2. The molecule has 7 nitrogen and oxygen atoms in total. The zero-order valence-corrected chi connectivity index (χ0v) is 24.5. The maximum atomic E-state index is 14.8. The molecule has 3 aliphatic carbocycles. The van der Waals surface area contributed by atoms with Crippen LogP contribution in [-0.4, -0.2) is 49.4 Å². The monoisotopic (exact) mass is 628 g/mol. The van der Waals surface area contributed by atoms with Gasteiger partial charge in [0.1, 0.15) is 5.82 Å². The summed E-state index contributed by atoms with van der Waals surface area (Å²) in [6.07, 6.45) is 6.17. The topological polar surface area (TPSA) is 95.0 Å². The Hall–Kier alpha value is -3.30. The summed E-state index contributed by atoms with van der Waals surface area (Å²) in [4.78, 5) is 54.2. The minimum absolute atomic E-state index is 0.0620. The first-order chi connectivity index (χ1) is 20.5. The van der Waals surface area contributed by atoms with Crippen molar-refractivity contribution < 1.29 is 33.1 Å². The van der Waals surface area contributed by atoms with E-state index in [-0.39, 0.29) is 41.9 Å². The van der Waals surface area contributed by atoms with Gasteiger partial charge in [-0.15, -0.1) is 23.2 Å². The summed E-state index contributed by atoms with van der Waals surface area (Å²) >= 11 is 14.5. The molecule has 0 unspecified atom stereocenters. The van der Waals surface area contributed by atoms with Crippen LogP contribution in [0.25, 0.3) is 0 Å². The van der Waals surface area contributed by atoms with Crippen LogP contribution < -0.4 is 4.90 Å². The van der Waals surface area contributed by atoms with E-state index in [1.807, 2.05) is 0 Å². The Labute approximate surface area is 256 Å². The van der Waals surface area contributed by atoms with Crippen LogP contribution in [0.2, 0.25) is 0 Å². The number of carbonyl (C=O) groups is 4. The van der Waals surface area contributed by atoms with E-state index in [9.17, 15) is 33.1 Å². The lowest BCUT2D eigenvalue weighted by Gasteiger charge is -2.50. The van der Waals surface area contributed by atoms with Gasteiger partial charge in [0.15, 0.2) is 21.3 Å².